The van der Waals surface area contributed by atoms with E-state index in [4.69, 9.17) is 28.9 Å². The quantitative estimate of drug-likeness (QED) is 0.874. The van der Waals surface area contributed by atoms with Crippen LogP contribution in [0.3, 0.4) is 0 Å². The monoisotopic (exact) mass is 245 g/mol. The van der Waals surface area contributed by atoms with Crippen molar-refractivity contribution in [1.82, 2.24) is 0 Å². The molecule has 0 bridgehead atoms. The van der Waals surface area contributed by atoms with Gasteiger partial charge in [0.2, 0.25) is 5.91 Å². The molecule has 0 aliphatic heterocycles. The Morgan fingerprint density at radius 1 is 1.40 bits per heavy atom. The molecule has 0 aliphatic rings. The van der Waals surface area contributed by atoms with Crippen LogP contribution < -0.4 is 5.73 Å². The minimum atomic E-state index is -0.368. The van der Waals surface area contributed by atoms with E-state index in [0.717, 1.165) is 5.56 Å². The highest BCUT2D eigenvalue weighted by molar-refractivity contribution is 6.35. The molecule has 0 aliphatic carbocycles. The normalized spacial score (nSPS) is 11.5. The zero-order valence-corrected chi connectivity index (χ0v) is 10.2. The van der Waals surface area contributed by atoms with Crippen LogP contribution in [0.15, 0.2) is 18.2 Å². The van der Waals surface area contributed by atoms with Gasteiger partial charge in [-0.25, -0.2) is 0 Å². The number of carbonyl (C=O) groups is 1. The van der Waals surface area contributed by atoms with Gasteiger partial charge in [-0.05, 0) is 23.1 Å². The summed E-state index contributed by atoms with van der Waals surface area (Å²) < 4.78 is 0. The summed E-state index contributed by atoms with van der Waals surface area (Å²) in [6.45, 7) is 3.85. The zero-order valence-electron chi connectivity index (χ0n) is 8.68. The zero-order chi connectivity index (χ0) is 11.6. The first-order valence-corrected chi connectivity index (χ1v) is 5.32. The molecule has 2 N–H and O–H groups in total. The molecule has 0 fully saturated rings. The van der Waals surface area contributed by atoms with Crippen LogP contribution in [0.25, 0.3) is 0 Å². The Hall–Kier alpha value is -0.730. The summed E-state index contributed by atoms with van der Waals surface area (Å²) in [5.74, 6) is -0.342. The van der Waals surface area contributed by atoms with E-state index in [0.29, 0.717) is 10.0 Å². The summed E-state index contributed by atoms with van der Waals surface area (Å²) in [6.07, 6.45) is 0.258. The van der Waals surface area contributed by atoms with Gasteiger partial charge in [0.25, 0.3) is 0 Å². The predicted molar refractivity (Wildman–Crippen MR) is 63.3 cm³/mol. The van der Waals surface area contributed by atoms with Crippen molar-refractivity contribution in [2.75, 3.05) is 0 Å². The summed E-state index contributed by atoms with van der Waals surface area (Å²) in [7, 11) is 0. The molecule has 0 atom stereocenters. The smallest absolute Gasteiger partial charge is 0.218 e. The molecule has 0 heterocycles. The van der Waals surface area contributed by atoms with E-state index in [1.807, 2.05) is 19.9 Å². The Bertz CT molecular complexity index is 388. The lowest BCUT2D eigenvalue weighted by atomic mass is 9.81. The van der Waals surface area contributed by atoms with Crippen molar-refractivity contribution in [3.05, 3.63) is 33.8 Å². The standard InChI is InChI=1S/C11H13Cl2NO/c1-11(2,6-10(14)15)8-4-3-7(12)5-9(8)13/h3-5H,6H2,1-2H3,(H2,14,15). The fourth-order valence-electron chi connectivity index (χ4n) is 1.57. The Balaban J connectivity index is 3.09. The number of hydrogen-bond acceptors (Lipinski definition) is 1. The fraction of sp³-hybridized carbons (Fsp3) is 0.364. The lowest BCUT2D eigenvalue weighted by Gasteiger charge is -2.24. The largest absolute Gasteiger partial charge is 0.370 e. The third kappa shape index (κ3) is 3.11. The average molecular weight is 246 g/mol. The van der Waals surface area contributed by atoms with Gasteiger partial charge in [-0.3, -0.25) is 4.79 Å². The van der Waals surface area contributed by atoms with Crippen LogP contribution in [0.4, 0.5) is 0 Å². The SMILES string of the molecule is CC(C)(CC(N)=O)c1ccc(Cl)cc1Cl. The molecule has 0 unspecified atom stereocenters. The maximum atomic E-state index is 10.9. The molecular weight excluding hydrogens is 233 g/mol. The van der Waals surface area contributed by atoms with Crippen molar-refractivity contribution in [1.29, 1.82) is 0 Å². The van der Waals surface area contributed by atoms with Crippen LogP contribution in [0.5, 0.6) is 0 Å². The van der Waals surface area contributed by atoms with E-state index in [9.17, 15) is 4.79 Å². The van der Waals surface area contributed by atoms with Gasteiger partial charge in [-0.1, -0.05) is 43.1 Å². The summed E-state index contributed by atoms with van der Waals surface area (Å²) in [6, 6.07) is 5.25. The first kappa shape index (κ1) is 12.3. The van der Waals surface area contributed by atoms with Gasteiger partial charge in [0.1, 0.15) is 0 Å². The maximum Gasteiger partial charge on any atom is 0.218 e. The molecule has 2 nitrogen and oxygen atoms in total. The molecule has 0 saturated heterocycles. The van der Waals surface area contributed by atoms with Crippen molar-refractivity contribution in [3.8, 4) is 0 Å². The number of rotatable bonds is 3. The molecule has 1 aromatic rings. The van der Waals surface area contributed by atoms with E-state index in [1.54, 1.807) is 12.1 Å². The lowest BCUT2D eigenvalue weighted by Crippen LogP contribution is -2.26. The second-order valence-corrected chi connectivity index (χ2v) is 4.99. The fourth-order valence-corrected chi connectivity index (χ4v) is 2.23. The van der Waals surface area contributed by atoms with E-state index in [-0.39, 0.29) is 17.7 Å². The highest BCUT2D eigenvalue weighted by atomic mass is 35.5. The second-order valence-electron chi connectivity index (χ2n) is 4.15. The molecule has 15 heavy (non-hydrogen) atoms. The summed E-state index contributed by atoms with van der Waals surface area (Å²) in [5, 5.41) is 1.15. The third-order valence-electron chi connectivity index (χ3n) is 2.28. The van der Waals surface area contributed by atoms with Gasteiger partial charge in [-0.15, -0.1) is 0 Å². The molecule has 0 spiro atoms. The first-order valence-electron chi connectivity index (χ1n) is 4.57. The van der Waals surface area contributed by atoms with Gasteiger partial charge in [0, 0.05) is 16.5 Å². The highest BCUT2D eigenvalue weighted by Crippen LogP contribution is 2.33. The molecular formula is C11H13Cl2NO. The van der Waals surface area contributed by atoms with E-state index < -0.39 is 0 Å². The molecule has 0 radical (unpaired) electrons. The number of benzene rings is 1. The Morgan fingerprint density at radius 2 is 2.00 bits per heavy atom. The molecule has 4 heteroatoms. The van der Waals surface area contributed by atoms with Crippen LogP contribution >= 0.6 is 23.2 Å². The highest BCUT2D eigenvalue weighted by Gasteiger charge is 2.25. The summed E-state index contributed by atoms with van der Waals surface area (Å²) >= 11 is 11.9. The van der Waals surface area contributed by atoms with Crippen LogP contribution in [-0.4, -0.2) is 5.91 Å². The van der Waals surface area contributed by atoms with Crippen molar-refractivity contribution in [2.24, 2.45) is 5.73 Å². The molecule has 1 rings (SSSR count). The van der Waals surface area contributed by atoms with Crippen molar-refractivity contribution < 1.29 is 4.79 Å². The van der Waals surface area contributed by atoms with E-state index in [1.165, 1.54) is 0 Å². The second kappa shape index (κ2) is 4.42. The Labute approximate surface area is 99.4 Å². The molecule has 1 aromatic carbocycles. The summed E-state index contributed by atoms with van der Waals surface area (Å²) in [5.41, 5.74) is 5.70. The van der Waals surface area contributed by atoms with Crippen molar-refractivity contribution in [2.45, 2.75) is 25.7 Å². The number of nitrogens with two attached hydrogens (primary N) is 1. The third-order valence-corrected chi connectivity index (χ3v) is 2.82. The van der Waals surface area contributed by atoms with Crippen LogP contribution in [0.1, 0.15) is 25.8 Å². The number of amides is 1. The molecule has 0 aromatic heterocycles. The maximum absolute atomic E-state index is 10.9. The van der Waals surface area contributed by atoms with Gasteiger partial charge >= 0.3 is 0 Å². The van der Waals surface area contributed by atoms with Gasteiger partial charge in [0.15, 0.2) is 0 Å². The van der Waals surface area contributed by atoms with Gasteiger partial charge < -0.3 is 5.73 Å². The van der Waals surface area contributed by atoms with Crippen LogP contribution in [0.2, 0.25) is 10.0 Å². The van der Waals surface area contributed by atoms with E-state index >= 15 is 0 Å². The topological polar surface area (TPSA) is 43.1 Å². The average Bonchev–Trinajstić information content (AvgIpc) is 1.99. The molecule has 82 valence electrons. The molecule has 1 amide bonds. The van der Waals surface area contributed by atoms with Gasteiger partial charge in [0.05, 0.1) is 0 Å². The predicted octanol–water partition coefficient (Wildman–Crippen LogP) is 3.15. The van der Waals surface area contributed by atoms with Gasteiger partial charge in [-0.2, -0.15) is 0 Å². The van der Waals surface area contributed by atoms with Crippen molar-refractivity contribution in [3.63, 3.8) is 0 Å². The summed E-state index contributed by atoms with van der Waals surface area (Å²) in [4.78, 5) is 10.9. The number of primary amides is 1. The van der Waals surface area contributed by atoms with Crippen LogP contribution in [-0.2, 0) is 10.2 Å². The minimum absolute atomic E-state index is 0.258. The number of carbonyl (C=O) groups excluding carboxylic acids is 1. The lowest BCUT2D eigenvalue weighted by molar-refractivity contribution is -0.119. The number of halogens is 2. The Kier molecular flexibility index (Phi) is 3.63. The number of hydrogen-bond donors (Lipinski definition) is 1. The van der Waals surface area contributed by atoms with Crippen molar-refractivity contribution >= 4 is 29.1 Å². The van der Waals surface area contributed by atoms with E-state index in [2.05, 4.69) is 0 Å². The molecule has 0 saturated carbocycles. The Morgan fingerprint density at radius 3 is 2.47 bits per heavy atom. The first-order chi connectivity index (χ1) is 6.83. The minimum Gasteiger partial charge on any atom is -0.370 e. The van der Waals surface area contributed by atoms with Crippen LogP contribution in [0, 0.1) is 0 Å².